The summed E-state index contributed by atoms with van der Waals surface area (Å²) in [5, 5.41) is 10.1. The Balaban J connectivity index is 2.37. The van der Waals surface area contributed by atoms with Crippen molar-refractivity contribution >= 4 is 0 Å². The summed E-state index contributed by atoms with van der Waals surface area (Å²) in [4.78, 5) is 8.31. The number of methoxy groups -OCH3 is 2. The quantitative estimate of drug-likeness (QED) is 0.602. The Labute approximate surface area is 150 Å². The number of nitrogens with one attached hydrogen (secondary N) is 1. The van der Waals surface area contributed by atoms with E-state index in [1.807, 2.05) is 0 Å². The van der Waals surface area contributed by atoms with Gasteiger partial charge in [-0.1, -0.05) is 33.1 Å². The molecule has 5 heteroatoms. The van der Waals surface area contributed by atoms with Gasteiger partial charge in [0.2, 0.25) is 5.75 Å². The third-order valence-electron chi connectivity index (χ3n) is 4.42. The lowest BCUT2D eigenvalue weighted by Crippen LogP contribution is -1.94. The maximum absolute atomic E-state index is 10.1. The summed E-state index contributed by atoms with van der Waals surface area (Å²) in [6.45, 7) is 4.41. The number of rotatable bonds is 10. The first-order valence-electron chi connectivity index (χ1n) is 9.17. The second kappa shape index (κ2) is 9.35. The lowest BCUT2D eigenvalue weighted by atomic mass is 10.1. The van der Waals surface area contributed by atoms with Crippen LogP contribution in [0.25, 0.3) is 11.4 Å². The Morgan fingerprint density at radius 1 is 0.960 bits per heavy atom. The third-order valence-corrected chi connectivity index (χ3v) is 4.42. The van der Waals surface area contributed by atoms with Crippen LogP contribution in [-0.4, -0.2) is 29.3 Å². The van der Waals surface area contributed by atoms with Crippen LogP contribution in [0.4, 0.5) is 0 Å². The Hall–Kier alpha value is -2.17. The van der Waals surface area contributed by atoms with Crippen LogP contribution < -0.4 is 9.47 Å². The molecule has 1 aromatic heterocycles. The molecule has 0 aliphatic heterocycles. The number of H-pyrrole nitrogens is 1. The van der Waals surface area contributed by atoms with Gasteiger partial charge in [-0.15, -0.1) is 0 Å². The first kappa shape index (κ1) is 19.2. The van der Waals surface area contributed by atoms with Gasteiger partial charge in [-0.25, -0.2) is 4.98 Å². The maximum Gasteiger partial charge on any atom is 0.200 e. The monoisotopic (exact) mass is 346 g/mol. The van der Waals surface area contributed by atoms with Gasteiger partial charge >= 0.3 is 0 Å². The molecule has 1 heterocycles. The fourth-order valence-corrected chi connectivity index (χ4v) is 2.92. The molecule has 0 radical (unpaired) electrons. The van der Waals surface area contributed by atoms with Crippen LogP contribution >= 0.6 is 0 Å². The fourth-order valence-electron chi connectivity index (χ4n) is 2.92. The molecule has 2 rings (SSSR count). The molecule has 25 heavy (non-hydrogen) atoms. The topological polar surface area (TPSA) is 67.4 Å². The molecule has 0 unspecified atom stereocenters. The zero-order valence-electron chi connectivity index (χ0n) is 15.8. The van der Waals surface area contributed by atoms with Gasteiger partial charge < -0.3 is 19.6 Å². The van der Waals surface area contributed by atoms with Gasteiger partial charge in [0, 0.05) is 11.3 Å². The van der Waals surface area contributed by atoms with E-state index in [1.165, 1.54) is 39.2 Å². The Morgan fingerprint density at radius 2 is 1.60 bits per heavy atom. The van der Waals surface area contributed by atoms with Gasteiger partial charge in [-0.05, 0) is 37.8 Å². The van der Waals surface area contributed by atoms with Crippen LogP contribution in [0.15, 0.2) is 12.1 Å². The highest BCUT2D eigenvalue weighted by atomic mass is 16.5. The van der Waals surface area contributed by atoms with Crippen LogP contribution in [-0.2, 0) is 12.8 Å². The van der Waals surface area contributed by atoms with E-state index in [4.69, 9.17) is 14.5 Å². The molecule has 1 aromatic carbocycles. The van der Waals surface area contributed by atoms with Crippen molar-refractivity contribution in [2.24, 2.45) is 0 Å². The predicted molar refractivity (Wildman–Crippen MR) is 101 cm³/mol. The van der Waals surface area contributed by atoms with Gasteiger partial charge in [0.05, 0.1) is 19.9 Å². The molecular formula is C20H30N2O3. The zero-order valence-corrected chi connectivity index (χ0v) is 15.8. The van der Waals surface area contributed by atoms with Crippen molar-refractivity contribution < 1.29 is 14.6 Å². The number of aromatic hydroxyl groups is 1. The largest absolute Gasteiger partial charge is 0.502 e. The van der Waals surface area contributed by atoms with Crippen LogP contribution in [0, 0.1) is 0 Å². The molecule has 0 aliphatic carbocycles. The van der Waals surface area contributed by atoms with E-state index in [9.17, 15) is 5.11 Å². The lowest BCUT2D eigenvalue weighted by Gasteiger charge is -2.10. The second-order valence-corrected chi connectivity index (χ2v) is 6.30. The summed E-state index contributed by atoms with van der Waals surface area (Å²) in [5.74, 6) is 1.57. The minimum absolute atomic E-state index is 0.00896. The van der Waals surface area contributed by atoms with E-state index in [1.54, 1.807) is 12.1 Å². The number of ether oxygens (including phenoxy) is 2. The number of phenols is 1. The number of aromatic nitrogens is 2. The van der Waals surface area contributed by atoms with Gasteiger partial charge in [0.15, 0.2) is 11.5 Å². The molecule has 2 aromatic rings. The summed E-state index contributed by atoms with van der Waals surface area (Å²) >= 11 is 0. The standard InChI is InChI=1S/C20H30N2O3/c1-5-7-9-11-16-15(10-8-6-2)21-20(22-16)14-12-17(24-3)19(23)18(13-14)25-4/h12-13,23H,5-11H2,1-4H3,(H,21,22). The number of hydrogen-bond acceptors (Lipinski definition) is 4. The Kier molecular flexibility index (Phi) is 7.16. The molecule has 0 bridgehead atoms. The summed E-state index contributed by atoms with van der Waals surface area (Å²) in [7, 11) is 3.06. The van der Waals surface area contributed by atoms with E-state index in [0.717, 1.165) is 42.8 Å². The zero-order chi connectivity index (χ0) is 18.2. The van der Waals surface area contributed by atoms with Crippen molar-refractivity contribution in [2.75, 3.05) is 14.2 Å². The summed E-state index contributed by atoms with van der Waals surface area (Å²) in [6, 6.07) is 3.58. The molecule has 0 aliphatic rings. The van der Waals surface area contributed by atoms with E-state index in [-0.39, 0.29) is 5.75 Å². The third kappa shape index (κ3) is 4.68. The molecule has 0 spiro atoms. The Morgan fingerprint density at radius 3 is 2.16 bits per heavy atom. The number of hydrogen-bond donors (Lipinski definition) is 2. The first-order valence-corrected chi connectivity index (χ1v) is 9.17. The molecule has 0 saturated carbocycles. The highest BCUT2D eigenvalue weighted by molar-refractivity contribution is 5.66. The van der Waals surface area contributed by atoms with Gasteiger partial charge in [-0.2, -0.15) is 0 Å². The smallest absolute Gasteiger partial charge is 0.200 e. The number of nitrogens with zero attached hydrogens (tertiary/aromatic N) is 1. The summed E-state index contributed by atoms with van der Waals surface area (Å²) in [6.07, 6.45) is 7.89. The van der Waals surface area contributed by atoms with E-state index in [2.05, 4.69) is 18.8 Å². The number of aryl methyl sites for hydroxylation is 2. The Bertz CT molecular complexity index is 655. The molecule has 0 fully saturated rings. The van der Waals surface area contributed by atoms with Gasteiger partial charge in [-0.3, -0.25) is 0 Å². The number of benzene rings is 1. The van der Waals surface area contributed by atoms with Crippen LogP contribution in [0.3, 0.4) is 0 Å². The van der Waals surface area contributed by atoms with Gasteiger partial charge in [0.1, 0.15) is 5.82 Å². The van der Waals surface area contributed by atoms with Crippen molar-refractivity contribution in [1.29, 1.82) is 0 Å². The molecule has 138 valence electrons. The summed E-state index contributed by atoms with van der Waals surface area (Å²) in [5.41, 5.74) is 3.23. The highest BCUT2D eigenvalue weighted by Crippen LogP contribution is 2.39. The van der Waals surface area contributed by atoms with E-state index < -0.39 is 0 Å². The second-order valence-electron chi connectivity index (χ2n) is 6.30. The van der Waals surface area contributed by atoms with Crippen molar-refractivity contribution in [3.63, 3.8) is 0 Å². The minimum atomic E-state index is 0.00896. The number of aromatic amines is 1. The minimum Gasteiger partial charge on any atom is -0.502 e. The molecular weight excluding hydrogens is 316 g/mol. The van der Waals surface area contributed by atoms with E-state index >= 15 is 0 Å². The number of unbranched alkanes of at least 4 members (excludes halogenated alkanes) is 3. The number of phenolic OH excluding ortho intramolecular Hbond substituents is 1. The molecule has 5 nitrogen and oxygen atoms in total. The normalized spacial score (nSPS) is 10.9. The van der Waals surface area contributed by atoms with Crippen molar-refractivity contribution in [2.45, 2.75) is 58.8 Å². The number of imidazole rings is 1. The maximum atomic E-state index is 10.1. The first-order chi connectivity index (χ1) is 12.1. The lowest BCUT2D eigenvalue weighted by molar-refractivity contribution is 0.340. The fraction of sp³-hybridized carbons (Fsp3) is 0.550. The van der Waals surface area contributed by atoms with Crippen molar-refractivity contribution in [1.82, 2.24) is 9.97 Å². The highest BCUT2D eigenvalue weighted by Gasteiger charge is 2.16. The SMILES string of the molecule is CCCCCc1[nH]c(-c2cc(OC)c(O)c(OC)c2)nc1CCCC. The average Bonchev–Trinajstić information content (AvgIpc) is 3.03. The van der Waals surface area contributed by atoms with Crippen molar-refractivity contribution in [3.8, 4) is 28.6 Å². The van der Waals surface area contributed by atoms with Gasteiger partial charge in [0.25, 0.3) is 0 Å². The molecule has 0 amide bonds. The summed E-state index contributed by atoms with van der Waals surface area (Å²) < 4.78 is 10.5. The average molecular weight is 346 g/mol. The van der Waals surface area contributed by atoms with E-state index in [0.29, 0.717) is 11.5 Å². The van der Waals surface area contributed by atoms with Crippen LogP contribution in [0.1, 0.15) is 57.3 Å². The molecule has 0 atom stereocenters. The van der Waals surface area contributed by atoms with Crippen LogP contribution in [0.2, 0.25) is 0 Å². The van der Waals surface area contributed by atoms with Crippen LogP contribution in [0.5, 0.6) is 17.2 Å². The molecule has 2 N–H and O–H groups in total. The molecule has 0 saturated heterocycles. The predicted octanol–water partition coefficient (Wildman–Crippen LogP) is 4.87. The van der Waals surface area contributed by atoms with Crippen molar-refractivity contribution in [3.05, 3.63) is 23.5 Å².